The van der Waals surface area contributed by atoms with Crippen LogP contribution in [0.15, 0.2) is 18.3 Å². The fourth-order valence-electron chi connectivity index (χ4n) is 1.50. The summed E-state index contributed by atoms with van der Waals surface area (Å²) in [4.78, 5) is 3.91. The van der Waals surface area contributed by atoms with Crippen molar-refractivity contribution in [1.82, 2.24) is 10.3 Å². The van der Waals surface area contributed by atoms with Crippen molar-refractivity contribution in [1.29, 1.82) is 0 Å². The van der Waals surface area contributed by atoms with E-state index in [0.717, 1.165) is 12.1 Å². The maximum Gasteiger partial charge on any atom is 0.123 e. The van der Waals surface area contributed by atoms with Crippen LogP contribution in [0.25, 0.3) is 0 Å². The molecule has 0 aliphatic heterocycles. The molecule has 4 nitrogen and oxygen atoms in total. The van der Waals surface area contributed by atoms with Gasteiger partial charge in [-0.2, -0.15) is 0 Å². The molecule has 0 fully saturated rings. The number of hydrogen-bond donors (Lipinski definition) is 3. The number of nitrogens with two attached hydrogens (primary N) is 1. The molecule has 1 atom stereocenters. The Labute approximate surface area is 90.5 Å². The summed E-state index contributed by atoms with van der Waals surface area (Å²) in [6.45, 7) is 5.26. The molecule has 0 saturated carbocycles. The van der Waals surface area contributed by atoms with E-state index in [1.807, 2.05) is 19.9 Å². The van der Waals surface area contributed by atoms with Gasteiger partial charge in [-0.05, 0) is 31.2 Å². The second-order valence-corrected chi connectivity index (χ2v) is 4.04. The van der Waals surface area contributed by atoms with Crippen molar-refractivity contribution in [2.24, 2.45) is 0 Å². The van der Waals surface area contributed by atoms with Crippen molar-refractivity contribution in [3.05, 3.63) is 23.9 Å². The zero-order chi connectivity index (χ0) is 11.3. The standard InChI is InChI=1S/C11H19N3O/c1-3-13-8-11(2,15)7-9-4-5-14-10(12)6-9/h4-6,13,15H,3,7-8H2,1-2H3,(H2,12,14). The normalized spacial score (nSPS) is 14.9. The molecule has 1 heterocycles. The molecule has 0 aliphatic carbocycles. The minimum absolute atomic E-state index is 0.492. The fraction of sp³-hybridized carbons (Fsp3) is 0.545. The molecule has 15 heavy (non-hydrogen) atoms. The highest BCUT2D eigenvalue weighted by atomic mass is 16.3. The third-order valence-electron chi connectivity index (χ3n) is 2.19. The Bertz CT molecular complexity index is 312. The van der Waals surface area contributed by atoms with Crippen LogP contribution in [0.4, 0.5) is 5.82 Å². The van der Waals surface area contributed by atoms with Gasteiger partial charge in [0.1, 0.15) is 5.82 Å². The summed E-state index contributed by atoms with van der Waals surface area (Å²) in [5, 5.41) is 13.2. The van der Waals surface area contributed by atoms with Crippen LogP contribution in [0.2, 0.25) is 0 Å². The Balaban J connectivity index is 2.60. The molecule has 1 unspecified atom stereocenters. The molecule has 0 aliphatic rings. The van der Waals surface area contributed by atoms with Gasteiger partial charge < -0.3 is 16.2 Å². The Morgan fingerprint density at radius 3 is 2.93 bits per heavy atom. The molecule has 1 aromatic rings. The Kier molecular flexibility index (Phi) is 4.05. The van der Waals surface area contributed by atoms with Crippen LogP contribution in [0.5, 0.6) is 0 Å². The number of rotatable bonds is 5. The van der Waals surface area contributed by atoms with E-state index in [1.165, 1.54) is 0 Å². The van der Waals surface area contributed by atoms with E-state index in [9.17, 15) is 5.11 Å². The molecule has 1 rings (SSSR count). The molecule has 0 amide bonds. The molecule has 0 bridgehead atoms. The van der Waals surface area contributed by atoms with Gasteiger partial charge in [-0.3, -0.25) is 0 Å². The Morgan fingerprint density at radius 1 is 1.60 bits per heavy atom. The first kappa shape index (κ1) is 11.9. The van der Waals surface area contributed by atoms with Crippen LogP contribution < -0.4 is 11.1 Å². The summed E-state index contributed by atoms with van der Waals surface area (Å²) in [6, 6.07) is 3.66. The number of likely N-dealkylation sites (N-methyl/N-ethyl adjacent to an activating group) is 1. The van der Waals surface area contributed by atoms with Gasteiger partial charge in [0.25, 0.3) is 0 Å². The maximum absolute atomic E-state index is 10.1. The first-order valence-corrected chi connectivity index (χ1v) is 5.17. The van der Waals surface area contributed by atoms with Crippen LogP contribution in [-0.2, 0) is 6.42 Å². The first-order chi connectivity index (χ1) is 7.03. The van der Waals surface area contributed by atoms with Crippen LogP contribution in [0.3, 0.4) is 0 Å². The number of anilines is 1. The summed E-state index contributed by atoms with van der Waals surface area (Å²) in [5.41, 5.74) is 5.83. The number of nitrogens with one attached hydrogen (secondary N) is 1. The molecule has 84 valence electrons. The quantitative estimate of drug-likeness (QED) is 0.663. The van der Waals surface area contributed by atoms with Crippen LogP contribution in [0, 0.1) is 0 Å². The van der Waals surface area contributed by atoms with Crippen molar-refractivity contribution in [2.75, 3.05) is 18.8 Å². The minimum atomic E-state index is -0.746. The highest BCUT2D eigenvalue weighted by molar-refractivity contribution is 5.32. The lowest BCUT2D eigenvalue weighted by Gasteiger charge is -2.23. The van der Waals surface area contributed by atoms with E-state index >= 15 is 0 Å². The van der Waals surface area contributed by atoms with Crippen LogP contribution in [-0.4, -0.2) is 28.8 Å². The number of hydrogen-bond acceptors (Lipinski definition) is 4. The molecular formula is C11H19N3O. The van der Waals surface area contributed by atoms with Gasteiger partial charge >= 0.3 is 0 Å². The summed E-state index contributed by atoms with van der Waals surface area (Å²) in [5.74, 6) is 0.492. The van der Waals surface area contributed by atoms with Crippen molar-refractivity contribution < 1.29 is 5.11 Å². The van der Waals surface area contributed by atoms with E-state index in [4.69, 9.17) is 5.73 Å². The molecule has 1 aromatic heterocycles. The van der Waals surface area contributed by atoms with E-state index in [1.54, 1.807) is 12.3 Å². The van der Waals surface area contributed by atoms with Gasteiger partial charge in [-0.1, -0.05) is 6.92 Å². The molecule has 4 N–H and O–H groups in total. The van der Waals surface area contributed by atoms with E-state index in [0.29, 0.717) is 18.8 Å². The lowest BCUT2D eigenvalue weighted by molar-refractivity contribution is 0.0607. The lowest BCUT2D eigenvalue weighted by Crippen LogP contribution is -2.39. The second kappa shape index (κ2) is 5.09. The number of aliphatic hydroxyl groups is 1. The summed E-state index contributed by atoms with van der Waals surface area (Å²) in [6.07, 6.45) is 2.24. The lowest BCUT2D eigenvalue weighted by atomic mass is 9.97. The summed E-state index contributed by atoms with van der Waals surface area (Å²) in [7, 11) is 0. The largest absolute Gasteiger partial charge is 0.389 e. The molecule has 0 saturated heterocycles. The fourth-order valence-corrected chi connectivity index (χ4v) is 1.50. The molecule has 0 radical (unpaired) electrons. The Hall–Kier alpha value is -1.13. The average Bonchev–Trinajstić information content (AvgIpc) is 2.14. The SMILES string of the molecule is CCNCC(C)(O)Cc1ccnc(N)c1. The van der Waals surface area contributed by atoms with Gasteiger partial charge in [-0.25, -0.2) is 4.98 Å². The number of nitrogen functional groups attached to an aromatic ring is 1. The highest BCUT2D eigenvalue weighted by Gasteiger charge is 2.20. The number of aromatic nitrogens is 1. The average molecular weight is 209 g/mol. The van der Waals surface area contributed by atoms with Crippen molar-refractivity contribution in [3.8, 4) is 0 Å². The van der Waals surface area contributed by atoms with Gasteiger partial charge in [0.15, 0.2) is 0 Å². The van der Waals surface area contributed by atoms with Gasteiger partial charge in [0.05, 0.1) is 5.60 Å². The van der Waals surface area contributed by atoms with E-state index in [-0.39, 0.29) is 0 Å². The van der Waals surface area contributed by atoms with Crippen LogP contribution in [0.1, 0.15) is 19.4 Å². The van der Waals surface area contributed by atoms with Crippen molar-refractivity contribution in [2.45, 2.75) is 25.9 Å². The summed E-state index contributed by atoms with van der Waals surface area (Å²) >= 11 is 0. The smallest absolute Gasteiger partial charge is 0.123 e. The monoisotopic (exact) mass is 209 g/mol. The summed E-state index contributed by atoms with van der Waals surface area (Å²) < 4.78 is 0. The highest BCUT2D eigenvalue weighted by Crippen LogP contribution is 2.13. The predicted octanol–water partition coefficient (Wildman–Crippen LogP) is 0.567. The topological polar surface area (TPSA) is 71.2 Å². The van der Waals surface area contributed by atoms with Crippen LogP contribution >= 0.6 is 0 Å². The van der Waals surface area contributed by atoms with E-state index < -0.39 is 5.60 Å². The maximum atomic E-state index is 10.1. The number of nitrogens with zero attached hydrogens (tertiary/aromatic N) is 1. The zero-order valence-corrected chi connectivity index (χ0v) is 9.33. The van der Waals surface area contributed by atoms with Gasteiger partial charge in [0.2, 0.25) is 0 Å². The van der Waals surface area contributed by atoms with Gasteiger partial charge in [0, 0.05) is 19.2 Å². The molecule has 4 heteroatoms. The predicted molar refractivity (Wildman–Crippen MR) is 61.5 cm³/mol. The van der Waals surface area contributed by atoms with Gasteiger partial charge in [-0.15, -0.1) is 0 Å². The third-order valence-corrected chi connectivity index (χ3v) is 2.19. The van der Waals surface area contributed by atoms with Crippen molar-refractivity contribution in [3.63, 3.8) is 0 Å². The molecule has 0 aromatic carbocycles. The Morgan fingerprint density at radius 2 is 2.33 bits per heavy atom. The van der Waals surface area contributed by atoms with Crippen molar-refractivity contribution >= 4 is 5.82 Å². The first-order valence-electron chi connectivity index (χ1n) is 5.17. The molecular weight excluding hydrogens is 190 g/mol. The second-order valence-electron chi connectivity index (χ2n) is 4.04. The third kappa shape index (κ3) is 4.27. The molecule has 0 spiro atoms. The minimum Gasteiger partial charge on any atom is -0.389 e. The number of pyridine rings is 1. The van der Waals surface area contributed by atoms with E-state index in [2.05, 4.69) is 10.3 Å². The zero-order valence-electron chi connectivity index (χ0n) is 9.33.